The molecule has 5 atom stereocenters. The average molecular weight is 582 g/mol. The number of hydrogen-bond donors (Lipinski definition) is 2. The van der Waals surface area contributed by atoms with Crippen LogP contribution in [0, 0.1) is 34.5 Å². The largest absolute Gasteiger partial charge is 0.449 e. The molecule has 5 heteroatoms. The van der Waals surface area contributed by atoms with E-state index in [4.69, 9.17) is 4.74 Å². The third kappa shape index (κ3) is 12.8. The van der Waals surface area contributed by atoms with Crippen LogP contribution in [0.15, 0.2) is 0 Å². The van der Waals surface area contributed by atoms with E-state index < -0.39 is 0 Å². The van der Waals surface area contributed by atoms with Crippen molar-refractivity contribution in [2.75, 3.05) is 6.61 Å². The molecular weight excluding hydrogens is 514 g/mol. The first-order valence-electron chi connectivity index (χ1n) is 17.2. The Morgan fingerprint density at radius 3 is 2.42 bits per heavy atom. The van der Waals surface area contributed by atoms with E-state index in [0.717, 1.165) is 49.9 Å². The van der Waals surface area contributed by atoms with Crippen molar-refractivity contribution in [1.82, 2.24) is 4.72 Å². The molecule has 0 bridgehead atoms. The molecule has 1 amide bonds. The number of rotatable bonds is 19. The van der Waals surface area contributed by atoms with Crippen molar-refractivity contribution in [2.45, 2.75) is 175 Å². The number of aliphatic hydroxyl groups excluding tert-OH is 1. The third-order valence-corrected chi connectivity index (χ3v) is 11.9. The zero-order chi connectivity index (χ0) is 29.6. The molecule has 2 aliphatic carbocycles. The van der Waals surface area contributed by atoms with Crippen LogP contribution < -0.4 is 4.72 Å². The van der Waals surface area contributed by atoms with Crippen LogP contribution in [0.2, 0.25) is 0 Å². The van der Waals surface area contributed by atoms with Gasteiger partial charge in [0, 0.05) is 5.25 Å². The molecule has 0 aromatic carbocycles. The molecule has 40 heavy (non-hydrogen) atoms. The summed E-state index contributed by atoms with van der Waals surface area (Å²) in [5.74, 6) is 2.87. The van der Waals surface area contributed by atoms with Crippen molar-refractivity contribution in [3.05, 3.63) is 0 Å². The van der Waals surface area contributed by atoms with Crippen LogP contribution in [-0.2, 0) is 4.74 Å². The third-order valence-electron chi connectivity index (χ3n) is 10.8. The van der Waals surface area contributed by atoms with E-state index in [2.05, 4.69) is 53.2 Å². The van der Waals surface area contributed by atoms with Crippen LogP contribution in [0.3, 0.4) is 0 Å². The molecule has 0 aromatic rings. The maximum atomic E-state index is 12.0. The predicted octanol–water partition coefficient (Wildman–Crippen LogP) is 10.7. The van der Waals surface area contributed by atoms with Gasteiger partial charge >= 0.3 is 6.09 Å². The molecule has 236 valence electrons. The van der Waals surface area contributed by atoms with Gasteiger partial charge in [0.15, 0.2) is 0 Å². The van der Waals surface area contributed by atoms with Gasteiger partial charge in [-0.25, -0.2) is 4.79 Å². The maximum Gasteiger partial charge on any atom is 0.417 e. The fourth-order valence-corrected chi connectivity index (χ4v) is 8.74. The molecule has 3 unspecified atom stereocenters. The van der Waals surface area contributed by atoms with Gasteiger partial charge in [-0.2, -0.15) is 0 Å². The Morgan fingerprint density at radius 2 is 1.75 bits per heavy atom. The molecule has 2 N–H and O–H groups in total. The van der Waals surface area contributed by atoms with Crippen LogP contribution in [0.1, 0.15) is 164 Å². The monoisotopic (exact) mass is 581 g/mol. The van der Waals surface area contributed by atoms with Gasteiger partial charge in [-0.1, -0.05) is 93.4 Å². The smallest absolute Gasteiger partial charge is 0.417 e. The lowest BCUT2D eigenvalue weighted by Gasteiger charge is -2.45. The maximum absolute atomic E-state index is 12.0. The van der Waals surface area contributed by atoms with Crippen LogP contribution in [0.4, 0.5) is 4.79 Å². The fraction of sp³-hybridized carbons (Fsp3) is 0.971. The lowest BCUT2D eigenvalue weighted by atomic mass is 9.61. The van der Waals surface area contributed by atoms with E-state index in [1.165, 1.54) is 83.5 Å². The first-order chi connectivity index (χ1) is 19.0. The summed E-state index contributed by atoms with van der Waals surface area (Å²) in [5, 5.41) is 11.0. The minimum atomic E-state index is -0.262. The molecule has 2 aliphatic rings. The number of amides is 1. The van der Waals surface area contributed by atoms with E-state index in [1.807, 2.05) is 0 Å². The Morgan fingerprint density at radius 1 is 1.05 bits per heavy atom. The molecule has 2 saturated carbocycles. The highest BCUT2D eigenvalue weighted by Crippen LogP contribution is 2.47. The standard InChI is InChI=1S/C35H67NO3S/c1-8-10-17-29(18-13-14-24-39-33(38)36-40-31-19-11-12-20-31)34(4,5)22-15-16-27(3)25-28(9-2)32-26-30(37)21-23-35(32,6)7/h27-32,37H,8-26H2,1-7H3,(H,36,38)/t27?,28-,29?,30+,32?/m0/s1. The second-order valence-electron chi connectivity index (χ2n) is 15.0. The molecule has 4 nitrogen and oxygen atoms in total. The Balaban J connectivity index is 1.72. The van der Waals surface area contributed by atoms with Crippen molar-refractivity contribution in [2.24, 2.45) is 34.5 Å². The lowest BCUT2D eigenvalue weighted by molar-refractivity contribution is -0.00725. The Kier molecular flexibility index (Phi) is 16.4. The van der Waals surface area contributed by atoms with Crippen LogP contribution in [0.5, 0.6) is 0 Å². The minimum absolute atomic E-state index is 0.0902. The summed E-state index contributed by atoms with van der Waals surface area (Å²) >= 11 is 1.56. The van der Waals surface area contributed by atoms with Gasteiger partial charge in [-0.3, -0.25) is 4.72 Å². The molecular formula is C35H67NO3S. The average Bonchev–Trinajstić information content (AvgIpc) is 3.43. The zero-order valence-corrected chi connectivity index (χ0v) is 28.4. The van der Waals surface area contributed by atoms with Crippen LogP contribution in [-0.4, -0.2) is 29.2 Å². The Labute approximate surface area is 253 Å². The molecule has 0 saturated heterocycles. The second kappa shape index (κ2) is 18.3. The van der Waals surface area contributed by atoms with Gasteiger partial charge in [0.05, 0.1) is 12.7 Å². The minimum Gasteiger partial charge on any atom is -0.449 e. The van der Waals surface area contributed by atoms with E-state index in [9.17, 15) is 9.90 Å². The number of nitrogens with one attached hydrogen (secondary N) is 1. The van der Waals surface area contributed by atoms with Crippen LogP contribution in [0.25, 0.3) is 0 Å². The summed E-state index contributed by atoms with van der Waals surface area (Å²) < 4.78 is 8.35. The lowest BCUT2D eigenvalue weighted by Crippen LogP contribution is -2.39. The summed E-state index contributed by atoms with van der Waals surface area (Å²) in [7, 11) is 0. The normalized spacial score (nSPS) is 24.0. The van der Waals surface area contributed by atoms with E-state index in [0.29, 0.717) is 28.6 Å². The predicted molar refractivity (Wildman–Crippen MR) is 174 cm³/mol. The molecule has 0 spiro atoms. The Bertz CT molecular complexity index is 690. The summed E-state index contributed by atoms with van der Waals surface area (Å²) in [4.78, 5) is 12.0. The van der Waals surface area contributed by atoms with Gasteiger partial charge in [0.2, 0.25) is 0 Å². The highest BCUT2D eigenvalue weighted by Gasteiger charge is 2.40. The summed E-state index contributed by atoms with van der Waals surface area (Å²) in [6.45, 7) is 17.6. The van der Waals surface area contributed by atoms with E-state index in [1.54, 1.807) is 11.9 Å². The first kappa shape index (κ1) is 35.8. The van der Waals surface area contributed by atoms with Gasteiger partial charge in [0.25, 0.3) is 0 Å². The highest BCUT2D eigenvalue weighted by atomic mass is 32.2. The quantitative estimate of drug-likeness (QED) is 0.118. The first-order valence-corrected chi connectivity index (χ1v) is 18.1. The highest BCUT2D eigenvalue weighted by molar-refractivity contribution is 7.98. The van der Waals surface area contributed by atoms with Crippen molar-refractivity contribution in [3.63, 3.8) is 0 Å². The van der Waals surface area contributed by atoms with Crippen molar-refractivity contribution >= 4 is 18.0 Å². The molecule has 2 fully saturated rings. The van der Waals surface area contributed by atoms with E-state index >= 15 is 0 Å². The molecule has 0 heterocycles. The van der Waals surface area contributed by atoms with Gasteiger partial charge in [0.1, 0.15) is 0 Å². The molecule has 0 radical (unpaired) electrons. The second-order valence-corrected chi connectivity index (χ2v) is 16.1. The Hall–Kier alpha value is -0.420. The van der Waals surface area contributed by atoms with Gasteiger partial charge in [-0.15, -0.1) is 0 Å². The van der Waals surface area contributed by atoms with Gasteiger partial charge < -0.3 is 9.84 Å². The number of carbonyl (C=O) groups is 1. The number of unbranched alkanes of at least 4 members (excludes halogenated alkanes) is 2. The molecule has 0 aromatic heterocycles. The number of hydrogen-bond acceptors (Lipinski definition) is 4. The molecule has 0 aliphatic heterocycles. The summed E-state index contributed by atoms with van der Waals surface area (Å²) in [6, 6.07) is 0. The van der Waals surface area contributed by atoms with Crippen molar-refractivity contribution in [3.8, 4) is 0 Å². The van der Waals surface area contributed by atoms with E-state index in [-0.39, 0.29) is 12.2 Å². The molecule has 2 rings (SSSR count). The zero-order valence-electron chi connectivity index (χ0n) is 27.6. The van der Waals surface area contributed by atoms with Crippen molar-refractivity contribution in [1.29, 1.82) is 0 Å². The number of aliphatic hydroxyl groups is 1. The van der Waals surface area contributed by atoms with Crippen LogP contribution >= 0.6 is 11.9 Å². The number of ether oxygens (including phenoxy) is 1. The SMILES string of the molecule is CCCCC(CCCCOC(=O)NSC1CCCC1)C(C)(C)CCCC(C)C[C@H](CC)C1C[C@H](O)CCC1(C)C. The number of carbonyl (C=O) groups excluding carboxylic acids is 1. The van der Waals surface area contributed by atoms with Crippen molar-refractivity contribution < 1.29 is 14.6 Å². The van der Waals surface area contributed by atoms with Gasteiger partial charge in [-0.05, 0) is 117 Å². The fourth-order valence-electron chi connectivity index (χ4n) is 7.85. The summed E-state index contributed by atoms with van der Waals surface area (Å²) in [5.41, 5.74) is 0.710. The topological polar surface area (TPSA) is 58.6 Å². The summed E-state index contributed by atoms with van der Waals surface area (Å²) in [6.07, 6.45) is 21.5.